The van der Waals surface area contributed by atoms with Crippen LogP contribution in [0.25, 0.3) is 0 Å². The number of hydrogen-bond donors (Lipinski definition) is 1. The van der Waals surface area contributed by atoms with Gasteiger partial charge < -0.3 is 4.74 Å². The summed E-state index contributed by atoms with van der Waals surface area (Å²) in [5.41, 5.74) is 2.20. The molecule has 1 heterocycles. The van der Waals surface area contributed by atoms with E-state index in [9.17, 15) is 4.79 Å². The Labute approximate surface area is 106 Å². The van der Waals surface area contributed by atoms with Crippen molar-refractivity contribution in [3.63, 3.8) is 0 Å². The number of benzene rings is 1. The van der Waals surface area contributed by atoms with Crippen LogP contribution in [0.15, 0.2) is 18.2 Å². The van der Waals surface area contributed by atoms with Crippen molar-refractivity contribution in [3.05, 3.63) is 34.3 Å². The zero-order valence-corrected chi connectivity index (χ0v) is 10.4. The van der Waals surface area contributed by atoms with Gasteiger partial charge in [-0.3, -0.25) is 10.1 Å². The largest absolute Gasteiger partial charge is 0.468 e. The van der Waals surface area contributed by atoms with E-state index in [1.807, 2.05) is 18.2 Å². The molecule has 16 heavy (non-hydrogen) atoms. The molecule has 0 radical (unpaired) electrons. The first kappa shape index (κ1) is 13.3. The van der Waals surface area contributed by atoms with Crippen molar-refractivity contribution in [2.45, 2.75) is 19.0 Å². The van der Waals surface area contributed by atoms with Crippen molar-refractivity contribution in [2.75, 3.05) is 7.11 Å². The smallest absolute Gasteiger partial charge is 0.323 e. The van der Waals surface area contributed by atoms with Crippen molar-refractivity contribution in [3.8, 4) is 0 Å². The summed E-state index contributed by atoms with van der Waals surface area (Å²) in [6.45, 7) is 0.620. The second-order valence-electron chi connectivity index (χ2n) is 3.54. The van der Waals surface area contributed by atoms with E-state index in [0.29, 0.717) is 13.0 Å². The van der Waals surface area contributed by atoms with E-state index in [1.54, 1.807) is 0 Å². The van der Waals surface area contributed by atoms with Gasteiger partial charge in [0.2, 0.25) is 0 Å². The molecular formula is C11H13Cl2NO2. The minimum atomic E-state index is -0.249. The number of halogens is 2. The van der Waals surface area contributed by atoms with E-state index in [4.69, 9.17) is 16.3 Å². The number of methoxy groups -OCH3 is 1. The molecule has 5 heteroatoms. The molecule has 3 nitrogen and oxygen atoms in total. The lowest BCUT2D eigenvalue weighted by Gasteiger charge is -2.24. The lowest BCUT2D eigenvalue weighted by Crippen LogP contribution is -2.42. The van der Waals surface area contributed by atoms with Gasteiger partial charge in [0.05, 0.1) is 7.11 Å². The number of carbonyl (C=O) groups is 1. The third-order valence-electron chi connectivity index (χ3n) is 2.65. The molecule has 88 valence electrons. The lowest BCUT2D eigenvalue weighted by atomic mass is 9.96. The molecule has 0 aromatic heterocycles. The predicted molar refractivity (Wildman–Crippen MR) is 65.0 cm³/mol. The minimum Gasteiger partial charge on any atom is -0.468 e. The van der Waals surface area contributed by atoms with Gasteiger partial charge in [0, 0.05) is 11.6 Å². The van der Waals surface area contributed by atoms with Gasteiger partial charge in [-0.15, -0.1) is 12.4 Å². The zero-order valence-electron chi connectivity index (χ0n) is 8.83. The fourth-order valence-electron chi connectivity index (χ4n) is 1.82. The van der Waals surface area contributed by atoms with Crippen LogP contribution >= 0.6 is 24.0 Å². The maximum atomic E-state index is 11.3. The molecular weight excluding hydrogens is 249 g/mol. The topological polar surface area (TPSA) is 38.3 Å². The molecule has 1 atom stereocenters. The van der Waals surface area contributed by atoms with E-state index >= 15 is 0 Å². The average Bonchev–Trinajstić information content (AvgIpc) is 2.28. The highest BCUT2D eigenvalue weighted by Gasteiger charge is 2.25. The first-order valence-corrected chi connectivity index (χ1v) is 5.17. The fourth-order valence-corrected chi connectivity index (χ4v) is 2.08. The maximum Gasteiger partial charge on any atom is 0.323 e. The number of carbonyl (C=O) groups excluding carboxylic acids is 1. The lowest BCUT2D eigenvalue weighted by molar-refractivity contribution is -0.143. The molecule has 0 saturated carbocycles. The fraction of sp³-hybridized carbons (Fsp3) is 0.364. The molecule has 0 spiro atoms. The number of hydrogen-bond acceptors (Lipinski definition) is 3. The molecule has 1 aliphatic rings. The van der Waals surface area contributed by atoms with Gasteiger partial charge in [-0.25, -0.2) is 0 Å². The summed E-state index contributed by atoms with van der Waals surface area (Å²) in [6, 6.07) is 5.51. The summed E-state index contributed by atoms with van der Waals surface area (Å²) in [7, 11) is 1.40. The second-order valence-corrected chi connectivity index (χ2v) is 3.95. The van der Waals surface area contributed by atoms with Crippen molar-refractivity contribution < 1.29 is 9.53 Å². The SMILES string of the molecule is COC(=O)[C@@H]1Cc2cccc(Cl)c2CN1.Cl. The highest BCUT2D eigenvalue weighted by atomic mass is 35.5. The van der Waals surface area contributed by atoms with Crippen LogP contribution in [0.4, 0.5) is 0 Å². The first-order valence-electron chi connectivity index (χ1n) is 4.80. The van der Waals surface area contributed by atoms with Gasteiger partial charge in [-0.2, -0.15) is 0 Å². The molecule has 0 aliphatic carbocycles. The van der Waals surface area contributed by atoms with E-state index in [1.165, 1.54) is 7.11 Å². The molecule has 0 unspecified atom stereocenters. The average molecular weight is 262 g/mol. The van der Waals surface area contributed by atoms with Gasteiger partial charge in [0.25, 0.3) is 0 Å². The molecule has 2 rings (SSSR count). The van der Waals surface area contributed by atoms with Gasteiger partial charge in [-0.05, 0) is 23.6 Å². The van der Waals surface area contributed by atoms with Crippen LogP contribution in [-0.2, 0) is 22.5 Å². The molecule has 0 amide bonds. The zero-order chi connectivity index (χ0) is 10.8. The Balaban J connectivity index is 0.00000128. The Morgan fingerprint density at radius 2 is 2.31 bits per heavy atom. The highest BCUT2D eigenvalue weighted by Crippen LogP contribution is 2.24. The molecule has 0 saturated heterocycles. The molecule has 1 aromatic rings. The van der Waals surface area contributed by atoms with Gasteiger partial charge in [0.1, 0.15) is 6.04 Å². The Hall–Kier alpha value is -0.770. The normalized spacial score (nSPS) is 18.2. The summed E-state index contributed by atoms with van der Waals surface area (Å²) < 4.78 is 4.70. The van der Waals surface area contributed by atoms with E-state index < -0.39 is 0 Å². The number of rotatable bonds is 1. The molecule has 0 bridgehead atoms. The van der Waals surface area contributed by atoms with Crippen molar-refractivity contribution in [1.29, 1.82) is 0 Å². The van der Waals surface area contributed by atoms with Gasteiger partial charge in [0.15, 0.2) is 0 Å². The quantitative estimate of drug-likeness (QED) is 0.786. The van der Waals surface area contributed by atoms with Gasteiger partial charge >= 0.3 is 5.97 Å². The van der Waals surface area contributed by atoms with Crippen LogP contribution in [0.3, 0.4) is 0 Å². The molecule has 1 aromatic carbocycles. The van der Waals surface area contributed by atoms with Crippen LogP contribution < -0.4 is 5.32 Å². The Morgan fingerprint density at radius 3 is 3.00 bits per heavy atom. The summed E-state index contributed by atoms with van der Waals surface area (Å²) in [5.74, 6) is -0.222. The Kier molecular flexibility index (Phi) is 4.59. The van der Waals surface area contributed by atoms with E-state index in [2.05, 4.69) is 5.32 Å². The Bertz CT molecular complexity index is 396. The number of ether oxygens (including phenoxy) is 1. The first-order chi connectivity index (χ1) is 7.22. The minimum absolute atomic E-state index is 0. The number of fused-ring (bicyclic) bond motifs is 1. The third kappa shape index (κ3) is 2.48. The van der Waals surface area contributed by atoms with Crippen molar-refractivity contribution in [2.24, 2.45) is 0 Å². The Morgan fingerprint density at radius 1 is 1.56 bits per heavy atom. The van der Waals surface area contributed by atoms with Crippen LogP contribution in [0, 0.1) is 0 Å². The second kappa shape index (κ2) is 5.53. The van der Waals surface area contributed by atoms with E-state index in [0.717, 1.165) is 16.1 Å². The monoisotopic (exact) mass is 261 g/mol. The predicted octanol–water partition coefficient (Wildman–Crippen LogP) is 1.95. The van der Waals surface area contributed by atoms with Gasteiger partial charge in [-0.1, -0.05) is 23.7 Å². The van der Waals surface area contributed by atoms with Crippen LogP contribution in [0.5, 0.6) is 0 Å². The molecule has 0 fully saturated rings. The van der Waals surface area contributed by atoms with E-state index in [-0.39, 0.29) is 24.4 Å². The molecule has 1 N–H and O–H groups in total. The summed E-state index contributed by atoms with van der Waals surface area (Å²) in [5, 5.41) is 3.86. The molecule has 1 aliphatic heterocycles. The maximum absolute atomic E-state index is 11.3. The van der Waals surface area contributed by atoms with Crippen LogP contribution in [0.2, 0.25) is 5.02 Å². The van der Waals surface area contributed by atoms with Crippen molar-refractivity contribution in [1.82, 2.24) is 5.32 Å². The van der Waals surface area contributed by atoms with Crippen LogP contribution in [-0.4, -0.2) is 19.1 Å². The summed E-state index contributed by atoms with van der Waals surface area (Å²) >= 11 is 6.05. The van der Waals surface area contributed by atoms with Crippen LogP contribution in [0.1, 0.15) is 11.1 Å². The number of esters is 1. The summed E-state index contributed by atoms with van der Waals surface area (Å²) in [4.78, 5) is 11.3. The summed E-state index contributed by atoms with van der Waals surface area (Å²) in [6.07, 6.45) is 0.641. The standard InChI is InChI=1S/C11H12ClNO2.ClH/c1-15-11(14)10-5-7-3-2-4-9(12)8(7)6-13-10;/h2-4,10,13H,5-6H2,1H3;1H/t10-;/m0./s1. The highest BCUT2D eigenvalue weighted by molar-refractivity contribution is 6.31. The number of nitrogens with one attached hydrogen (secondary N) is 1. The van der Waals surface area contributed by atoms with Crippen molar-refractivity contribution >= 4 is 30.0 Å². The third-order valence-corrected chi connectivity index (χ3v) is 3.00.